The summed E-state index contributed by atoms with van der Waals surface area (Å²) in [7, 11) is 0. The Morgan fingerprint density at radius 1 is 1.26 bits per heavy atom. The number of hydrogen-bond donors (Lipinski definition) is 1. The van der Waals surface area contributed by atoms with Crippen molar-refractivity contribution in [1.29, 1.82) is 0 Å². The maximum atomic E-state index is 12.8. The fourth-order valence-corrected chi connectivity index (χ4v) is 3.36. The van der Waals surface area contributed by atoms with Crippen molar-refractivity contribution in [3.63, 3.8) is 0 Å². The van der Waals surface area contributed by atoms with E-state index in [9.17, 15) is 4.79 Å². The number of carbonyl (C=O) groups excluding carboxylic acids is 1. The van der Waals surface area contributed by atoms with Crippen LogP contribution in [0.25, 0.3) is 11.5 Å². The molecule has 2 aromatic heterocycles. The van der Waals surface area contributed by atoms with Gasteiger partial charge in [0.1, 0.15) is 5.69 Å². The highest BCUT2D eigenvalue weighted by Crippen LogP contribution is 2.36. The molecule has 0 aromatic carbocycles. The number of amides is 1. The monoisotopic (exact) mass is 313 g/mol. The Morgan fingerprint density at radius 3 is 2.74 bits per heavy atom. The molecule has 3 heterocycles. The summed E-state index contributed by atoms with van der Waals surface area (Å²) in [5.74, 6) is 1.04. The molecule has 6 heteroatoms. The van der Waals surface area contributed by atoms with Crippen LogP contribution >= 0.6 is 0 Å². The first-order valence-electron chi connectivity index (χ1n) is 8.37. The smallest absolute Gasteiger partial charge is 0.226 e. The van der Waals surface area contributed by atoms with Crippen LogP contribution in [0.2, 0.25) is 0 Å². The summed E-state index contributed by atoms with van der Waals surface area (Å²) in [4.78, 5) is 31.2. The van der Waals surface area contributed by atoms with E-state index in [1.165, 1.54) is 0 Å². The fraction of sp³-hybridized carbons (Fsp3) is 0.529. The first kappa shape index (κ1) is 15.6. The summed E-state index contributed by atoms with van der Waals surface area (Å²) in [6, 6.07) is -0.00287. The maximum Gasteiger partial charge on any atom is 0.226 e. The van der Waals surface area contributed by atoms with E-state index in [0.717, 1.165) is 43.6 Å². The predicted molar refractivity (Wildman–Crippen MR) is 87.4 cm³/mol. The van der Waals surface area contributed by atoms with E-state index in [-0.39, 0.29) is 17.9 Å². The third kappa shape index (κ3) is 2.98. The molecule has 1 aliphatic heterocycles. The molecule has 1 saturated heterocycles. The van der Waals surface area contributed by atoms with E-state index in [1.54, 1.807) is 24.8 Å². The first-order valence-corrected chi connectivity index (χ1v) is 8.37. The molecular formula is C17H23N5O. The number of nitrogens with one attached hydrogen (secondary N) is 1. The topological polar surface area (TPSA) is 74.8 Å². The molecule has 1 aliphatic rings. The minimum atomic E-state index is -0.00287. The van der Waals surface area contributed by atoms with Crippen LogP contribution in [0.5, 0.6) is 0 Å². The summed E-state index contributed by atoms with van der Waals surface area (Å²) >= 11 is 0. The zero-order valence-electron chi connectivity index (χ0n) is 13.7. The molecule has 1 atom stereocenters. The van der Waals surface area contributed by atoms with Gasteiger partial charge < -0.3 is 9.88 Å². The van der Waals surface area contributed by atoms with Crippen molar-refractivity contribution in [3.05, 3.63) is 30.5 Å². The van der Waals surface area contributed by atoms with Crippen LogP contribution in [0, 0.1) is 5.92 Å². The number of rotatable bonds is 5. The molecule has 0 aliphatic carbocycles. The van der Waals surface area contributed by atoms with Crippen molar-refractivity contribution in [3.8, 4) is 11.5 Å². The van der Waals surface area contributed by atoms with Crippen LogP contribution in [0.4, 0.5) is 0 Å². The van der Waals surface area contributed by atoms with Gasteiger partial charge in [0.25, 0.3) is 0 Å². The third-order valence-corrected chi connectivity index (χ3v) is 4.64. The van der Waals surface area contributed by atoms with Gasteiger partial charge >= 0.3 is 0 Å². The second-order valence-electron chi connectivity index (χ2n) is 5.93. The van der Waals surface area contributed by atoms with Gasteiger partial charge in [-0.25, -0.2) is 9.97 Å². The van der Waals surface area contributed by atoms with Crippen molar-refractivity contribution >= 4 is 5.91 Å². The van der Waals surface area contributed by atoms with E-state index >= 15 is 0 Å². The Morgan fingerprint density at radius 2 is 2.04 bits per heavy atom. The fourth-order valence-electron chi connectivity index (χ4n) is 3.36. The summed E-state index contributed by atoms with van der Waals surface area (Å²) in [5.41, 5.74) is 1.59. The molecule has 0 saturated carbocycles. The van der Waals surface area contributed by atoms with E-state index in [0.29, 0.717) is 5.82 Å². The molecule has 0 bridgehead atoms. The van der Waals surface area contributed by atoms with Gasteiger partial charge in [-0.3, -0.25) is 9.78 Å². The van der Waals surface area contributed by atoms with E-state index in [2.05, 4.69) is 33.8 Å². The summed E-state index contributed by atoms with van der Waals surface area (Å²) < 4.78 is 0. The van der Waals surface area contributed by atoms with Gasteiger partial charge in [-0.1, -0.05) is 13.8 Å². The first-order chi connectivity index (χ1) is 11.3. The molecular weight excluding hydrogens is 290 g/mol. The molecule has 6 nitrogen and oxygen atoms in total. The van der Waals surface area contributed by atoms with Gasteiger partial charge in [0, 0.05) is 37.3 Å². The lowest BCUT2D eigenvalue weighted by molar-refractivity contribution is -0.136. The Labute approximate surface area is 136 Å². The van der Waals surface area contributed by atoms with Crippen molar-refractivity contribution in [1.82, 2.24) is 24.8 Å². The van der Waals surface area contributed by atoms with Crippen LogP contribution in [0.3, 0.4) is 0 Å². The normalized spacial score (nSPS) is 17.9. The average molecular weight is 313 g/mol. The van der Waals surface area contributed by atoms with Crippen molar-refractivity contribution < 1.29 is 4.79 Å². The standard InChI is InChI=1S/C17H23N5O/c1-3-12(4-2)17(23)22-11-5-6-13(22)14-15(19-8-7-18-14)16-20-9-10-21-16/h7-10,12-13H,3-6,11H2,1-2H3,(H,20,21)/t13-/m1/s1. The largest absolute Gasteiger partial charge is 0.343 e. The predicted octanol–water partition coefficient (Wildman–Crippen LogP) is 2.97. The molecule has 0 spiro atoms. The number of nitrogens with zero attached hydrogens (tertiary/aromatic N) is 4. The minimum Gasteiger partial charge on any atom is -0.343 e. The molecule has 122 valence electrons. The highest BCUT2D eigenvalue weighted by Gasteiger charge is 2.35. The molecule has 0 unspecified atom stereocenters. The second kappa shape index (κ2) is 6.89. The van der Waals surface area contributed by atoms with E-state index in [1.807, 2.05) is 4.90 Å². The number of H-pyrrole nitrogens is 1. The Balaban J connectivity index is 1.93. The van der Waals surface area contributed by atoms with E-state index in [4.69, 9.17) is 0 Å². The second-order valence-corrected chi connectivity index (χ2v) is 5.93. The van der Waals surface area contributed by atoms with Crippen LogP contribution in [-0.4, -0.2) is 37.3 Å². The average Bonchev–Trinajstić information content (AvgIpc) is 3.27. The SMILES string of the molecule is CCC(CC)C(=O)N1CCC[C@@H]1c1nccnc1-c1ncc[nH]1. The maximum absolute atomic E-state index is 12.8. The van der Waals surface area contributed by atoms with Crippen LogP contribution in [0.1, 0.15) is 51.3 Å². The molecule has 23 heavy (non-hydrogen) atoms. The lowest BCUT2D eigenvalue weighted by atomic mass is 10.0. The van der Waals surface area contributed by atoms with E-state index < -0.39 is 0 Å². The molecule has 0 radical (unpaired) electrons. The van der Waals surface area contributed by atoms with Crippen LogP contribution < -0.4 is 0 Å². The quantitative estimate of drug-likeness (QED) is 0.921. The van der Waals surface area contributed by atoms with Crippen molar-refractivity contribution in [2.24, 2.45) is 5.92 Å². The van der Waals surface area contributed by atoms with Crippen molar-refractivity contribution in [2.45, 2.75) is 45.6 Å². The van der Waals surface area contributed by atoms with Gasteiger partial charge in [0.2, 0.25) is 5.91 Å². The van der Waals surface area contributed by atoms with Gasteiger partial charge in [-0.15, -0.1) is 0 Å². The lowest BCUT2D eigenvalue weighted by Crippen LogP contribution is -2.36. The molecule has 2 aromatic rings. The van der Waals surface area contributed by atoms with Gasteiger partial charge in [-0.2, -0.15) is 0 Å². The molecule has 1 fully saturated rings. The van der Waals surface area contributed by atoms with Crippen LogP contribution in [0.15, 0.2) is 24.8 Å². The van der Waals surface area contributed by atoms with Crippen LogP contribution in [-0.2, 0) is 4.79 Å². The van der Waals surface area contributed by atoms with Gasteiger partial charge in [-0.05, 0) is 25.7 Å². The summed E-state index contributed by atoms with van der Waals surface area (Å²) in [5, 5.41) is 0. The van der Waals surface area contributed by atoms with Gasteiger partial charge in [0.15, 0.2) is 5.82 Å². The number of imidazole rings is 1. The number of aromatic amines is 1. The zero-order chi connectivity index (χ0) is 16.2. The summed E-state index contributed by atoms with van der Waals surface area (Å²) in [6.07, 6.45) is 10.5. The molecule has 1 amide bonds. The highest BCUT2D eigenvalue weighted by atomic mass is 16.2. The van der Waals surface area contributed by atoms with Crippen molar-refractivity contribution in [2.75, 3.05) is 6.54 Å². The Bertz CT molecular complexity index is 651. The Kier molecular flexibility index (Phi) is 4.69. The third-order valence-electron chi connectivity index (χ3n) is 4.64. The number of aromatic nitrogens is 4. The lowest BCUT2D eigenvalue weighted by Gasteiger charge is -2.28. The number of hydrogen-bond acceptors (Lipinski definition) is 4. The minimum absolute atomic E-state index is 0.00287. The number of carbonyl (C=O) groups is 1. The van der Waals surface area contributed by atoms with Gasteiger partial charge in [0.05, 0.1) is 11.7 Å². The zero-order valence-corrected chi connectivity index (χ0v) is 13.7. The summed E-state index contributed by atoms with van der Waals surface area (Å²) in [6.45, 7) is 4.95. The highest BCUT2D eigenvalue weighted by molar-refractivity contribution is 5.79. The molecule has 1 N–H and O–H groups in total. The Hall–Kier alpha value is -2.24. The molecule has 3 rings (SSSR count). The number of likely N-dealkylation sites (tertiary alicyclic amines) is 1.